The van der Waals surface area contributed by atoms with Crippen LogP contribution in [0.5, 0.6) is 5.88 Å². The van der Waals surface area contributed by atoms with Crippen LogP contribution in [0.25, 0.3) is 11.3 Å². The first-order valence-electron chi connectivity index (χ1n) is 12.5. The number of pyridine rings is 1. The van der Waals surface area contributed by atoms with Crippen molar-refractivity contribution in [3.63, 3.8) is 0 Å². The number of halogens is 2. The van der Waals surface area contributed by atoms with Crippen LogP contribution in [0.1, 0.15) is 56.4 Å². The maximum atomic E-state index is 14.6. The van der Waals surface area contributed by atoms with E-state index in [0.717, 1.165) is 29.7 Å². The number of nitrogens with zero attached hydrogens (tertiary/aromatic N) is 5. The van der Waals surface area contributed by atoms with E-state index >= 15 is 0 Å². The van der Waals surface area contributed by atoms with Gasteiger partial charge in [0, 0.05) is 29.7 Å². The van der Waals surface area contributed by atoms with Crippen molar-refractivity contribution in [1.82, 2.24) is 15.2 Å². The zero-order valence-electron chi connectivity index (χ0n) is 21.9. The summed E-state index contributed by atoms with van der Waals surface area (Å²) in [6.07, 6.45) is 4.80. The molecule has 5 rings (SSSR count). The molecule has 0 saturated heterocycles. The number of nitrogens with two attached hydrogens (primary N) is 1. The topological polar surface area (TPSA) is 116 Å². The van der Waals surface area contributed by atoms with E-state index < -0.39 is 23.0 Å². The molecule has 0 unspecified atom stereocenters. The first kappa shape index (κ1) is 26.3. The van der Waals surface area contributed by atoms with Gasteiger partial charge in [-0.3, -0.25) is 14.8 Å². The van der Waals surface area contributed by atoms with Gasteiger partial charge in [-0.05, 0) is 67.6 Å². The van der Waals surface area contributed by atoms with E-state index in [1.807, 2.05) is 6.92 Å². The van der Waals surface area contributed by atoms with Gasteiger partial charge in [-0.25, -0.2) is 13.8 Å². The summed E-state index contributed by atoms with van der Waals surface area (Å²) in [4.78, 5) is 24.3. The van der Waals surface area contributed by atoms with Crippen molar-refractivity contribution in [3.05, 3.63) is 82.9 Å². The predicted molar refractivity (Wildman–Crippen MR) is 144 cm³/mol. The van der Waals surface area contributed by atoms with Gasteiger partial charge in [0.1, 0.15) is 11.6 Å². The molecule has 2 N–H and O–H groups in total. The molecule has 2 bridgehead atoms. The third kappa shape index (κ3) is 4.20. The van der Waals surface area contributed by atoms with Crippen LogP contribution >= 0.6 is 0 Å². The Hall–Kier alpha value is -4.34. The number of aliphatic imine (C=N–C) groups is 2. The van der Waals surface area contributed by atoms with Crippen LogP contribution < -0.4 is 10.5 Å². The fourth-order valence-electron chi connectivity index (χ4n) is 6.18. The molecule has 2 aliphatic carbocycles. The molecule has 0 spiro atoms. The number of hydrogen-bond donors (Lipinski definition) is 1. The molecule has 39 heavy (non-hydrogen) atoms. The Kier molecular flexibility index (Phi) is 6.57. The second-order valence-electron chi connectivity index (χ2n) is 10.4. The number of allylic oxidation sites excluding steroid dienone is 1. The normalized spacial score (nSPS) is 21.5. The largest absolute Gasteiger partial charge is 0.468 e. The minimum Gasteiger partial charge on any atom is -0.468 e. The minimum atomic E-state index is -0.686. The second-order valence-corrected chi connectivity index (χ2v) is 10.4. The Labute approximate surface area is 224 Å². The quantitative estimate of drug-likeness (QED) is 0.417. The summed E-state index contributed by atoms with van der Waals surface area (Å²) >= 11 is 0. The number of carbonyl (C=O) groups is 1. The summed E-state index contributed by atoms with van der Waals surface area (Å²) < 4.78 is 34.5. The molecule has 2 aliphatic rings. The standard InChI is InChI=1S/C29H28F2N6O2/c1-16(17-9-11-34-25(12-17)39-15-24(32)38)35-23(14-33-4)29-10-8-19(28(29,2)3)18-13-22(36-37-27(18)29)26-20(30)6-5-7-21(26)31/h5-7,9,11-14,19H,4,8,10,15H2,1-3H3,(H2,32,38)/b23-14-,35-16+/t19-,29-/m0/s1. The van der Waals surface area contributed by atoms with E-state index in [0.29, 0.717) is 11.4 Å². The maximum absolute atomic E-state index is 14.6. The lowest BCUT2D eigenvalue weighted by atomic mass is 9.66. The van der Waals surface area contributed by atoms with E-state index in [2.05, 4.69) is 40.7 Å². The predicted octanol–water partition coefficient (Wildman–Crippen LogP) is 4.89. The minimum absolute atomic E-state index is 0.0787. The fourth-order valence-corrected chi connectivity index (χ4v) is 6.18. The van der Waals surface area contributed by atoms with Crippen LogP contribution in [0.4, 0.5) is 8.78 Å². The lowest BCUT2D eigenvalue weighted by Crippen LogP contribution is -2.37. The molecule has 200 valence electrons. The average molecular weight is 531 g/mol. The van der Waals surface area contributed by atoms with Crippen molar-refractivity contribution >= 4 is 18.3 Å². The number of carbonyl (C=O) groups excluding carboxylic acids is 1. The second kappa shape index (κ2) is 9.76. The molecule has 2 atom stereocenters. The number of hydrogen-bond acceptors (Lipinski definition) is 7. The Morgan fingerprint density at radius 3 is 2.67 bits per heavy atom. The molecular weight excluding hydrogens is 502 g/mol. The molecule has 1 saturated carbocycles. The molecule has 1 aromatic carbocycles. The van der Waals surface area contributed by atoms with Crippen molar-refractivity contribution in [2.24, 2.45) is 21.1 Å². The first-order valence-corrected chi connectivity index (χ1v) is 12.5. The van der Waals surface area contributed by atoms with Crippen molar-refractivity contribution < 1.29 is 18.3 Å². The first-order chi connectivity index (χ1) is 18.6. The lowest BCUT2D eigenvalue weighted by Gasteiger charge is -2.38. The highest BCUT2D eigenvalue weighted by Crippen LogP contribution is 2.70. The third-order valence-corrected chi connectivity index (χ3v) is 8.06. The van der Waals surface area contributed by atoms with Crippen molar-refractivity contribution in [1.29, 1.82) is 0 Å². The fraction of sp³-hybridized carbons (Fsp3) is 0.310. The van der Waals surface area contributed by atoms with E-state index in [4.69, 9.17) is 15.5 Å². The zero-order chi connectivity index (χ0) is 27.9. The SMILES string of the molecule is C=N/C=C(\N=C(/C)c1ccnc(OCC(N)=O)c1)[C@@]12CC[C@@H](c3cc(-c4c(F)cccc4F)nnc31)C2(C)C. The third-order valence-electron chi connectivity index (χ3n) is 8.06. The summed E-state index contributed by atoms with van der Waals surface area (Å²) in [6.45, 7) is 9.55. The molecule has 0 aliphatic heterocycles. The van der Waals surface area contributed by atoms with E-state index in [9.17, 15) is 13.6 Å². The van der Waals surface area contributed by atoms with Gasteiger partial charge < -0.3 is 10.5 Å². The highest BCUT2D eigenvalue weighted by atomic mass is 19.1. The molecule has 2 aromatic heterocycles. The smallest absolute Gasteiger partial charge is 0.255 e. The number of ether oxygens (including phenoxy) is 1. The lowest BCUT2D eigenvalue weighted by molar-refractivity contribution is -0.120. The highest BCUT2D eigenvalue weighted by molar-refractivity contribution is 5.99. The Bertz CT molecular complexity index is 1530. The molecule has 1 fully saturated rings. The van der Waals surface area contributed by atoms with Gasteiger partial charge in [-0.2, -0.15) is 5.10 Å². The summed E-state index contributed by atoms with van der Waals surface area (Å²) in [5.41, 5.74) is 7.86. The van der Waals surface area contributed by atoms with Crippen molar-refractivity contribution in [2.75, 3.05) is 6.61 Å². The van der Waals surface area contributed by atoms with Gasteiger partial charge in [0.05, 0.1) is 28.1 Å². The van der Waals surface area contributed by atoms with Gasteiger partial charge >= 0.3 is 0 Å². The van der Waals surface area contributed by atoms with Gasteiger partial charge in [0.15, 0.2) is 6.61 Å². The molecule has 3 aromatic rings. The van der Waals surface area contributed by atoms with Crippen LogP contribution in [0.15, 0.2) is 64.5 Å². The van der Waals surface area contributed by atoms with Crippen LogP contribution in [0, 0.1) is 17.0 Å². The average Bonchev–Trinajstić information content (AvgIpc) is 3.28. The monoisotopic (exact) mass is 530 g/mol. The Morgan fingerprint density at radius 1 is 1.23 bits per heavy atom. The summed E-state index contributed by atoms with van der Waals surface area (Å²) in [5, 5.41) is 8.86. The van der Waals surface area contributed by atoms with Gasteiger partial charge in [-0.15, -0.1) is 5.10 Å². The van der Waals surface area contributed by atoms with Crippen LogP contribution in [0.3, 0.4) is 0 Å². The van der Waals surface area contributed by atoms with E-state index in [1.54, 1.807) is 30.6 Å². The molecular formula is C29H28F2N6O2. The maximum Gasteiger partial charge on any atom is 0.255 e. The summed E-state index contributed by atoms with van der Waals surface area (Å²) in [7, 11) is 0. The number of benzene rings is 1. The molecule has 0 radical (unpaired) electrons. The van der Waals surface area contributed by atoms with Gasteiger partial charge in [0.25, 0.3) is 5.91 Å². The number of amides is 1. The highest BCUT2D eigenvalue weighted by Gasteiger charge is 2.65. The van der Waals surface area contributed by atoms with Gasteiger partial charge in [0.2, 0.25) is 5.88 Å². The van der Waals surface area contributed by atoms with Crippen molar-refractivity contribution in [2.45, 2.75) is 44.9 Å². The number of primary amides is 1. The molecule has 8 nitrogen and oxygen atoms in total. The van der Waals surface area contributed by atoms with E-state index in [-0.39, 0.29) is 35.1 Å². The molecule has 2 heterocycles. The molecule has 10 heteroatoms. The number of fused-ring (bicyclic) bond motifs is 5. The Balaban J connectivity index is 1.59. The summed E-state index contributed by atoms with van der Waals surface area (Å²) in [5.74, 6) is -1.65. The van der Waals surface area contributed by atoms with Crippen LogP contribution in [-0.2, 0) is 10.2 Å². The zero-order valence-corrected chi connectivity index (χ0v) is 21.9. The van der Waals surface area contributed by atoms with Crippen LogP contribution in [0.2, 0.25) is 0 Å². The Morgan fingerprint density at radius 2 is 1.97 bits per heavy atom. The van der Waals surface area contributed by atoms with Crippen LogP contribution in [-0.4, -0.2) is 40.1 Å². The number of aromatic nitrogens is 3. The number of rotatable bonds is 8. The van der Waals surface area contributed by atoms with Crippen molar-refractivity contribution in [3.8, 4) is 17.1 Å². The molecule has 1 amide bonds. The van der Waals surface area contributed by atoms with Gasteiger partial charge in [-0.1, -0.05) is 19.9 Å². The summed E-state index contributed by atoms with van der Waals surface area (Å²) in [6, 6.07) is 8.97. The van der Waals surface area contributed by atoms with E-state index in [1.165, 1.54) is 18.2 Å².